The molecule has 2 rings (SSSR count). The Bertz CT molecular complexity index is 431. The number of amides is 2. The minimum atomic E-state index is -0.270. The number of fused-ring (bicyclic) bond motifs is 1. The van der Waals surface area contributed by atoms with Crippen molar-refractivity contribution in [3.05, 3.63) is 47.7 Å². The Morgan fingerprint density at radius 3 is 2.19 bits per heavy atom. The molecule has 4 nitrogen and oxygen atoms in total. The maximum absolute atomic E-state index is 11.8. The van der Waals surface area contributed by atoms with Gasteiger partial charge in [-0.25, -0.2) is 4.90 Å². The molecule has 0 radical (unpaired) electrons. The minimum Gasteiger partial charge on any atom is -0.330 e. The average molecular weight is 216 g/mol. The highest BCUT2D eigenvalue weighted by molar-refractivity contribution is 6.21. The molecule has 0 atom stereocenters. The number of carbonyl (C=O) groups is 2. The number of carbonyl (C=O) groups excluding carboxylic acids is 2. The van der Waals surface area contributed by atoms with Crippen molar-refractivity contribution in [2.24, 2.45) is 5.73 Å². The van der Waals surface area contributed by atoms with E-state index in [2.05, 4.69) is 0 Å². The summed E-state index contributed by atoms with van der Waals surface area (Å²) in [5.41, 5.74) is 6.25. The van der Waals surface area contributed by atoms with Crippen molar-refractivity contribution < 1.29 is 9.59 Å². The first kappa shape index (κ1) is 10.6. The summed E-state index contributed by atoms with van der Waals surface area (Å²) in [6, 6.07) is 6.81. The van der Waals surface area contributed by atoms with Gasteiger partial charge in [0.1, 0.15) is 0 Å². The highest BCUT2D eigenvalue weighted by Gasteiger charge is 2.33. The molecule has 0 fully saturated rings. The van der Waals surface area contributed by atoms with E-state index in [-0.39, 0.29) is 11.8 Å². The van der Waals surface area contributed by atoms with E-state index in [1.807, 2.05) is 0 Å². The standard InChI is InChI=1S/C12H12N2O2/c13-7-3-4-8-14-11(15)9-5-1-2-6-10(9)12(14)16/h1-2,4-6,8H,3,7,13H2/b8-4+. The van der Waals surface area contributed by atoms with Gasteiger partial charge in [-0.3, -0.25) is 9.59 Å². The summed E-state index contributed by atoms with van der Waals surface area (Å²) in [6.07, 6.45) is 3.87. The number of benzene rings is 1. The normalized spacial score (nSPS) is 14.9. The third kappa shape index (κ3) is 1.63. The smallest absolute Gasteiger partial charge is 0.265 e. The molecule has 1 aromatic rings. The summed E-state index contributed by atoms with van der Waals surface area (Å²) in [4.78, 5) is 24.8. The van der Waals surface area contributed by atoms with Crippen molar-refractivity contribution in [3.8, 4) is 0 Å². The van der Waals surface area contributed by atoms with Crippen LogP contribution in [-0.4, -0.2) is 23.3 Å². The van der Waals surface area contributed by atoms with E-state index in [1.54, 1.807) is 30.3 Å². The quantitative estimate of drug-likeness (QED) is 0.771. The van der Waals surface area contributed by atoms with E-state index < -0.39 is 0 Å². The number of nitrogens with two attached hydrogens (primary N) is 1. The third-order valence-corrected chi connectivity index (χ3v) is 2.41. The molecule has 0 aliphatic carbocycles. The van der Waals surface area contributed by atoms with Crippen LogP contribution in [0.2, 0.25) is 0 Å². The molecule has 0 saturated heterocycles. The minimum absolute atomic E-state index is 0.270. The lowest BCUT2D eigenvalue weighted by atomic mass is 10.1. The fourth-order valence-electron chi connectivity index (χ4n) is 1.62. The summed E-state index contributed by atoms with van der Waals surface area (Å²) in [7, 11) is 0. The zero-order chi connectivity index (χ0) is 11.5. The highest BCUT2D eigenvalue weighted by Crippen LogP contribution is 2.22. The number of rotatable bonds is 3. The Hall–Kier alpha value is -1.94. The second-order valence-corrected chi connectivity index (χ2v) is 3.49. The maximum Gasteiger partial charge on any atom is 0.265 e. The van der Waals surface area contributed by atoms with Crippen molar-refractivity contribution in [1.29, 1.82) is 0 Å². The molecule has 1 heterocycles. The monoisotopic (exact) mass is 216 g/mol. The van der Waals surface area contributed by atoms with Crippen LogP contribution in [0.1, 0.15) is 27.1 Å². The second-order valence-electron chi connectivity index (χ2n) is 3.49. The van der Waals surface area contributed by atoms with Gasteiger partial charge < -0.3 is 5.73 Å². The average Bonchev–Trinajstić information content (AvgIpc) is 2.55. The van der Waals surface area contributed by atoms with Crippen LogP contribution in [-0.2, 0) is 0 Å². The fourth-order valence-corrected chi connectivity index (χ4v) is 1.62. The summed E-state index contributed by atoms with van der Waals surface area (Å²) < 4.78 is 0. The van der Waals surface area contributed by atoms with Gasteiger partial charge in [0.05, 0.1) is 11.1 Å². The van der Waals surface area contributed by atoms with Crippen LogP contribution >= 0.6 is 0 Å². The summed E-state index contributed by atoms with van der Waals surface area (Å²) in [5.74, 6) is -0.539. The lowest BCUT2D eigenvalue weighted by Crippen LogP contribution is -2.23. The zero-order valence-corrected chi connectivity index (χ0v) is 8.72. The van der Waals surface area contributed by atoms with Gasteiger partial charge in [0, 0.05) is 6.20 Å². The molecule has 0 aromatic heterocycles. The predicted octanol–water partition coefficient (Wildman–Crippen LogP) is 1.15. The maximum atomic E-state index is 11.8. The van der Waals surface area contributed by atoms with Crippen LogP contribution in [0.15, 0.2) is 36.5 Å². The Morgan fingerprint density at radius 2 is 1.69 bits per heavy atom. The van der Waals surface area contributed by atoms with Crippen LogP contribution < -0.4 is 5.73 Å². The first-order valence-corrected chi connectivity index (χ1v) is 5.09. The molecule has 1 aromatic carbocycles. The van der Waals surface area contributed by atoms with Gasteiger partial charge in [0.25, 0.3) is 11.8 Å². The first-order valence-electron chi connectivity index (χ1n) is 5.09. The number of hydrogen-bond acceptors (Lipinski definition) is 3. The van der Waals surface area contributed by atoms with Crippen molar-refractivity contribution in [3.63, 3.8) is 0 Å². The number of nitrogens with zero attached hydrogens (tertiary/aromatic N) is 1. The van der Waals surface area contributed by atoms with Crippen molar-refractivity contribution in [1.82, 2.24) is 4.90 Å². The fraction of sp³-hybridized carbons (Fsp3) is 0.167. The van der Waals surface area contributed by atoms with Gasteiger partial charge in [-0.05, 0) is 25.1 Å². The van der Waals surface area contributed by atoms with E-state index >= 15 is 0 Å². The van der Waals surface area contributed by atoms with Gasteiger partial charge in [-0.15, -0.1) is 0 Å². The predicted molar refractivity (Wildman–Crippen MR) is 59.8 cm³/mol. The molecule has 4 heteroatoms. The molecular formula is C12H12N2O2. The van der Waals surface area contributed by atoms with E-state index in [4.69, 9.17) is 5.73 Å². The molecular weight excluding hydrogens is 204 g/mol. The first-order chi connectivity index (χ1) is 7.75. The summed E-state index contributed by atoms with van der Waals surface area (Å²) in [6.45, 7) is 0.500. The topological polar surface area (TPSA) is 63.4 Å². The van der Waals surface area contributed by atoms with Crippen LogP contribution in [0.25, 0.3) is 0 Å². The second kappa shape index (κ2) is 4.28. The van der Waals surface area contributed by atoms with E-state index in [0.29, 0.717) is 24.1 Å². The molecule has 0 unspecified atom stereocenters. The molecule has 2 amide bonds. The van der Waals surface area contributed by atoms with Gasteiger partial charge in [0.15, 0.2) is 0 Å². The molecule has 2 N–H and O–H groups in total. The molecule has 82 valence electrons. The van der Waals surface area contributed by atoms with Crippen molar-refractivity contribution in [2.75, 3.05) is 6.54 Å². The zero-order valence-electron chi connectivity index (χ0n) is 8.72. The molecule has 1 aliphatic heterocycles. The Morgan fingerprint density at radius 1 is 1.12 bits per heavy atom. The third-order valence-electron chi connectivity index (χ3n) is 2.41. The molecule has 1 aliphatic rings. The SMILES string of the molecule is NCC/C=C/N1C(=O)c2ccccc2C1=O. The van der Waals surface area contributed by atoms with Crippen molar-refractivity contribution >= 4 is 11.8 Å². The van der Waals surface area contributed by atoms with Gasteiger partial charge in [0.2, 0.25) is 0 Å². The molecule has 0 saturated carbocycles. The summed E-state index contributed by atoms with van der Waals surface area (Å²) in [5, 5.41) is 0. The Kier molecular flexibility index (Phi) is 2.83. The number of imide groups is 1. The Labute approximate surface area is 93.3 Å². The van der Waals surface area contributed by atoms with E-state index in [0.717, 1.165) is 4.90 Å². The molecule has 0 spiro atoms. The molecule has 16 heavy (non-hydrogen) atoms. The Balaban J connectivity index is 2.28. The highest BCUT2D eigenvalue weighted by atomic mass is 16.2. The van der Waals surface area contributed by atoms with Crippen LogP contribution in [0, 0.1) is 0 Å². The van der Waals surface area contributed by atoms with Gasteiger partial charge in [-0.1, -0.05) is 18.2 Å². The van der Waals surface area contributed by atoms with Gasteiger partial charge in [-0.2, -0.15) is 0 Å². The van der Waals surface area contributed by atoms with E-state index in [9.17, 15) is 9.59 Å². The summed E-state index contributed by atoms with van der Waals surface area (Å²) >= 11 is 0. The molecule has 0 bridgehead atoms. The van der Waals surface area contributed by atoms with E-state index in [1.165, 1.54) is 6.20 Å². The largest absolute Gasteiger partial charge is 0.330 e. The van der Waals surface area contributed by atoms with Crippen molar-refractivity contribution in [2.45, 2.75) is 6.42 Å². The van der Waals surface area contributed by atoms with Crippen LogP contribution in [0.3, 0.4) is 0 Å². The van der Waals surface area contributed by atoms with Crippen LogP contribution in [0.5, 0.6) is 0 Å². The van der Waals surface area contributed by atoms with Gasteiger partial charge >= 0.3 is 0 Å². The number of hydrogen-bond donors (Lipinski definition) is 1. The van der Waals surface area contributed by atoms with Crippen LogP contribution in [0.4, 0.5) is 0 Å². The lowest BCUT2D eigenvalue weighted by molar-refractivity contribution is 0.0721. The lowest BCUT2D eigenvalue weighted by Gasteiger charge is -2.06.